The van der Waals surface area contributed by atoms with Crippen LogP contribution in [-0.4, -0.2) is 90.3 Å². The van der Waals surface area contributed by atoms with Crippen molar-refractivity contribution < 1.29 is 34.1 Å². The average Bonchev–Trinajstić information content (AvgIpc) is 3.74. The second-order valence-corrected chi connectivity index (χ2v) is 17.6. The molecule has 0 saturated heterocycles. The van der Waals surface area contributed by atoms with Crippen molar-refractivity contribution in [3.05, 3.63) is 130 Å². The van der Waals surface area contributed by atoms with Crippen molar-refractivity contribution >= 4 is 29.3 Å². The maximum atomic E-state index is 14.6. The van der Waals surface area contributed by atoms with E-state index < -0.39 is 24.3 Å². The lowest BCUT2D eigenvalue weighted by Gasteiger charge is -2.41. The van der Waals surface area contributed by atoms with Crippen LogP contribution in [0.25, 0.3) is 0 Å². The number of anilines is 2. The van der Waals surface area contributed by atoms with Crippen LogP contribution in [0.4, 0.5) is 16.2 Å². The molecule has 0 spiro atoms. The number of para-hydroxylation sites is 2. The molecule has 2 amide bonds. The largest absolute Gasteiger partial charge is 0.494 e. The van der Waals surface area contributed by atoms with Gasteiger partial charge in [-0.05, 0) is 96.9 Å². The predicted octanol–water partition coefficient (Wildman–Crippen LogP) is 9.29. The van der Waals surface area contributed by atoms with Crippen molar-refractivity contribution in [3.8, 4) is 0 Å². The first-order valence-corrected chi connectivity index (χ1v) is 22.5. The Kier molecular flexibility index (Phi) is 16.5. The highest BCUT2D eigenvalue weighted by Gasteiger charge is 2.43. The zero-order valence-corrected chi connectivity index (χ0v) is 38.7. The fourth-order valence-corrected chi connectivity index (χ4v) is 8.63. The summed E-state index contributed by atoms with van der Waals surface area (Å²) in [5, 5.41) is 29.8. The number of amides is 2. The Morgan fingerprint density at radius 1 is 0.905 bits per heavy atom. The molecular formula is C51H69N5O7. The number of nitrogens with zero attached hydrogens (tertiary/aromatic N) is 3. The molecule has 0 saturated carbocycles. The molecule has 1 atom stereocenters. The maximum Gasteiger partial charge on any atom is 0.407 e. The Morgan fingerprint density at radius 3 is 2.33 bits per heavy atom. The third kappa shape index (κ3) is 11.1. The van der Waals surface area contributed by atoms with Crippen molar-refractivity contribution in [1.29, 1.82) is 0 Å². The number of allylic oxidation sites excluding steroid dienone is 7. The summed E-state index contributed by atoms with van der Waals surface area (Å²) < 4.78 is 10.4. The first kappa shape index (κ1) is 48.3. The van der Waals surface area contributed by atoms with Crippen LogP contribution in [0, 0.1) is 0 Å². The quantitative estimate of drug-likeness (QED) is 0.0578. The molecule has 340 valence electrons. The number of aliphatic hydroxyl groups is 2. The molecule has 1 unspecified atom stereocenters. The van der Waals surface area contributed by atoms with Gasteiger partial charge in [-0.15, -0.1) is 0 Å². The molecule has 0 fully saturated rings. The fraction of sp³-hybridized carbons (Fsp3) is 0.471. The van der Waals surface area contributed by atoms with Crippen LogP contribution < -0.4 is 15.5 Å². The van der Waals surface area contributed by atoms with Gasteiger partial charge in [-0.3, -0.25) is 14.6 Å². The minimum absolute atomic E-state index is 0.0207. The van der Waals surface area contributed by atoms with E-state index in [1.807, 2.05) is 6.92 Å². The van der Waals surface area contributed by atoms with Crippen LogP contribution >= 0.6 is 0 Å². The Labute approximate surface area is 374 Å². The highest BCUT2D eigenvalue weighted by molar-refractivity contribution is 6.01. The number of ether oxygens (including phenoxy) is 2. The van der Waals surface area contributed by atoms with E-state index in [9.17, 15) is 24.6 Å². The van der Waals surface area contributed by atoms with Crippen molar-refractivity contribution in [2.24, 2.45) is 0 Å². The van der Waals surface area contributed by atoms with E-state index in [2.05, 4.69) is 136 Å². The van der Waals surface area contributed by atoms with Crippen LogP contribution in [-0.2, 0) is 29.9 Å². The molecule has 12 nitrogen and oxygen atoms in total. The van der Waals surface area contributed by atoms with E-state index >= 15 is 0 Å². The second-order valence-electron chi connectivity index (χ2n) is 17.6. The number of nitrogens with one attached hydrogen (secondary N) is 2. The molecule has 0 radical (unpaired) electrons. The number of esters is 1. The van der Waals surface area contributed by atoms with Crippen molar-refractivity contribution in [2.45, 2.75) is 111 Å². The number of carbonyl (C=O) groups excluding carboxylic acids is 3. The van der Waals surface area contributed by atoms with Gasteiger partial charge in [0, 0.05) is 47.7 Å². The van der Waals surface area contributed by atoms with E-state index in [1.54, 1.807) is 0 Å². The zero-order valence-electron chi connectivity index (χ0n) is 38.7. The number of alkyl carbamates (subject to hydrolysis) is 1. The molecule has 1 aliphatic carbocycles. The van der Waals surface area contributed by atoms with Gasteiger partial charge in [0.05, 0.1) is 13.1 Å². The van der Waals surface area contributed by atoms with Crippen LogP contribution in [0.3, 0.4) is 0 Å². The minimum Gasteiger partial charge on any atom is -0.494 e. The zero-order chi connectivity index (χ0) is 45.9. The summed E-state index contributed by atoms with van der Waals surface area (Å²) in [5.74, 6) is -1.41. The lowest BCUT2D eigenvalue weighted by molar-refractivity contribution is -0.163. The van der Waals surface area contributed by atoms with E-state index in [0.717, 1.165) is 54.9 Å². The molecule has 4 N–H and O–H groups in total. The minimum atomic E-state index is -1.49. The predicted molar refractivity (Wildman–Crippen MR) is 251 cm³/mol. The van der Waals surface area contributed by atoms with Gasteiger partial charge in [0.15, 0.2) is 0 Å². The van der Waals surface area contributed by atoms with Gasteiger partial charge in [-0.25, -0.2) is 9.59 Å². The maximum absolute atomic E-state index is 14.6. The van der Waals surface area contributed by atoms with Gasteiger partial charge >= 0.3 is 12.1 Å². The van der Waals surface area contributed by atoms with Gasteiger partial charge in [0.25, 0.3) is 5.91 Å². The molecule has 0 aromatic heterocycles. The Balaban J connectivity index is 1.54. The molecule has 12 heteroatoms. The number of carbonyl (C=O) groups is 3. The van der Waals surface area contributed by atoms with E-state index in [0.29, 0.717) is 24.8 Å². The first-order valence-electron chi connectivity index (χ1n) is 22.5. The molecule has 2 aliphatic heterocycles. The molecular weight excluding hydrogens is 795 g/mol. The second kappa shape index (κ2) is 21.6. The lowest BCUT2D eigenvalue weighted by Crippen LogP contribution is -2.56. The number of benzene rings is 2. The standard InChI is InChI=1S/C51H69N5O7/c1-10-28-52-40-21-15-13-19-38(40)50(6,7)27-17-18-36-23-24-37(25-26-42-51(8,9)39-20-14-16-22-41(39)54(42)30-11-2)43(36)44-45(57)55(31-12-3)49(61)56(46(44)58)32-34-63-48(60)53-29-33-62-47(59)35(4)5/h13-22,25-26,49,52,58,61H,4,10-12,23-24,27-34H2,1-3,5-9H3,(H,53,60)/b18-17+,37-25-,42-26-. The molecule has 5 rings (SSSR count). The highest BCUT2D eigenvalue weighted by atomic mass is 16.6. The van der Waals surface area contributed by atoms with Crippen LogP contribution in [0.2, 0.25) is 0 Å². The van der Waals surface area contributed by atoms with Crippen LogP contribution in [0.5, 0.6) is 0 Å². The molecule has 0 bridgehead atoms. The molecule has 2 aromatic rings. The van der Waals surface area contributed by atoms with E-state index in [-0.39, 0.29) is 60.7 Å². The van der Waals surface area contributed by atoms with Crippen molar-refractivity contribution in [3.63, 3.8) is 0 Å². The van der Waals surface area contributed by atoms with E-state index in [1.165, 1.54) is 33.5 Å². The monoisotopic (exact) mass is 864 g/mol. The molecule has 2 aromatic carbocycles. The summed E-state index contributed by atoms with van der Waals surface area (Å²) in [6.07, 6.45) is 10.8. The van der Waals surface area contributed by atoms with Gasteiger partial charge in [0.1, 0.15) is 18.8 Å². The van der Waals surface area contributed by atoms with Gasteiger partial charge < -0.3 is 35.2 Å². The van der Waals surface area contributed by atoms with Gasteiger partial charge in [-0.1, -0.05) is 110 Å². The summed E-state index contributed by atoms with van der Waals surface area (Å²) in [6.45, 7) is 21.9. The van der Waals surface area contributed by atoms with Gasteiger partial charge in [0.2, 0.25) is 12.2 Å². The smallest absolute Gasteiger partial charge is 0.407 e. The third-order valence-electron chi connectivity index (χ3n) is 11.9. The summed E-state index contributed by atoms with van der Waals surface area (Å²) in [4.78, 5) is 43.9. The Morgan fingerprint density at radius 2 is 1.62 bits per heavy atom. The van der Waals surface area contributed by atoms with Gasteiger partial charge in [-0.2, -0.15) is 0 Å². The summed E-state index contributed by atoms with van der Waals surface area (Å²) >= 11 is 0. The number of hydrogen-bond acceptors (Lipinski definition) is 10. The molecule has 3 aliphatic rings. The number of aliphatic hydroxyl groups excluding tert-OH is 2. The highest BCUT2D eigenvalue weighted by Crippen LogP contribution is 2.48. The Hall–Kier alpha value is -5.75. The van der Waals surface area contributed by atoms with Crippen molar-refractivity contribution in [2.75, 3.05) is 56.2 Å². The topological polar surface area (TPSA) is 144 Å². The summed E-state index contributed by atoms with van der Waals surface area (Å²) in [5.41, 5.74) is 8.27. The number of hydrogen-bond donors (Lipinski definition) is 4. The average molecular weight is 864 g/mol. The molecule has 63 heavy (non-hydrogen) atoms. The first-order chi connectivity index (χ1) is 30.1. The van der Waals surface area contributed by atoms with Crippen LogP contribution in [0.1, 0.15) is 105 Å². The summed E-state index contributed by atoms with van der Waals surface area (Å²) in [7, 11) is 0. The lowest BCUT2D eigenvalue weighted by atomic mass is 9.80. The Bertz CT molecular complexity index is 2160. The van der Waals surface area contributed by atoms with Crippen LogP contribution in [0.15, 0.2) is 119 Å². The SMILES string of the molecule is C=C(C)C(=O)OCCNC(=O)OCCN1C(O)=C(C2=C(/C=C/CC(C)(C)c3ccccc3NCCC)CC/C2=C/C=C2\N(CCC)c3ccccc3C2(C)C)C(=O)N(CCC)C1O. The number of fused-ring (bicyclic) bond motifs is 1. The third-order valence-corrected chi connectivity index (χ3v) is 11.9. The van der Waals surface area contributed by atoms with Crippen molar-refractivity contribution in [1.82, 2.24) is 15.1 Å². The molecule has 2 heterocycles. The fourth-order valence-electron chi connectivity index (χ4n) is 8.63. The summed E-state index contributed by atoms with van der Waals surface area (Å²) in [6, 6.07) is 16.9. The van der Waals surface area contributed by atoms with E-state index in [4.69, 9.17) is 9.47 Å². The normalized spacial score (nSPS) is 18.8. The number of rotatable bonds is 20.